The van der Waals surface area contributed by atoms with Crippen molar-refractivity contribution in [2.24, 2.45) is 5.73 Å². The van der Waals surface area contributed by atoms with Gasteiger partial charge in [-0.1, -0.05) is 17.7 Å². The minimum atomic E-state index is -4.58. The van der Waals surface area contributed by atoms with Crippen molar-refractivity contribution in [1.29, 1.82) is 0 Å². The molecule has 0 bridgehead atoms. The molecule has 3 N–H and O–H groups in total. The van der Waals surface area contributed by atoms with Gasteiger partial charge in [0.1, 0.15) is 0 Å². The largest absolute Gasteiger partial charge is 0.417 e. The Morgan fingerprint density at radius 3 is 2.28 bits per heavy atom. The van der Waals surface area contributed by atoms with Crippen LogP contribution in [0.15, 0.2) is 48.5 Å². The molecule has 0 aliphatic carbocycles. The number of primary amides is 1. The third-order valence-corrected chi connectivity index (χ3v) is 3.49. The summed E-state index contributed by atoms with van der Waals surface area (Å²) in [5.74, 6) is -1.14. The first-order valence-electron chi connectivity index (χ1n) is 6.92. The van der Waals surface area contributed by atoms with E-state index in [-0.39, 0.29) is 11.1 Å². The standard InChI is InChI=1S/C17H12ClF3N2O2/c18-14-7-1-10(9-13(14)17(19,20)21)2-8-15(24)23-12-5-3-11(4-6-12)16(22)25/h1-9H,(H2,22,25)(H,23,24)/b8-2+. The molecule has 0 aromatic heterocycles. The molecule has 2 rings (SSSR count). The van der Waals surface area contributed by atoms with Crippen molar-refractivity contribution < 1.29 is 22.8 Å². The van der Waals surface area contributed by atoms with E-state index in [4.69, 9.17) is 17.3 Å². The molecule has 2 amide bonds. The Labute approximate surface area is 146 Å². The molecule has 2 aromatic rings. The van der Waals surface area contributed by atoms with Crippen LogP contribution in [0.3, 0.4) is 0 Å². The van der Waals surface area contributed by atoms with E-state index in [2.05, 4.69) is 5.32 Å². The molecular weight excluding hydrogens is 357 g/mol. The maximum atomic E-state index is 12.8. The van der Waals surface area contributed by atoms with E-state index >= 15 is 0 Å². The van der Waals surface area contributed by atoms with Crippen molar-refractivity contribution in [2.75, 3.05) is 5.32 Å². The van der Waals surface area contributed by atoms with E-state index in [9.17, 15) is 22.8 Å². The van der Waals surface area contributed by atoms with Crippen molar-refractivity contribution in [3.8, 4) is 0 Å². The number of benzene rings is 2. The number of nitrogens with two attached hydrogens (primary N) is 1. The van der Waals surface area contributed by atoms with Crippen molar-refractivity contribution in [2.45, 2.75) is 6.18 Å². The van der Waals surface area contributed by atoms with Gasteiger partial charge in [-0.15, -0.1) is 0 Å². The van der Waals surface area contributed by atoms with Gasteiger partial charge in [0.15, 0.2) is 0 Å². The van der Waals surface area contributed by atoms with Crippen molar-refractivity contribution in [3.63, 3.8) is 0 Å². The molecule has 0 aliphatic heterocycles. The highest BCUT2D eigenvalue weighted by atomic mass is 35.5. The van der Waals surface area contributed by atoms with E-state index < -0.39 is 28.6 Å². The highest BCUT2D eigenvalue weighted by Crippen LogP contribution is 2.35. The summed E-state index contributed by atoms with van der Waals surface area (Å²) in [6.45, 7) is 0. The van der Waals surface area contributed by atoms with Crippen LogP contribution in [-0.2, 0) is 11.0 Å². The third-order valence-electron chi connectivity index (χ3n) is 3.16. The van der Waals surface area contributed by atoms with Crippen LogP contribution in [0.1, 0.15) is 21.5 Å². The first-order valence-corrected chi connectivity index (χ1v) is 7.30. The number of amides is 2. The van der Waals surface area contributed by atoms with Crippen LogP contribution in [0.4, 0.5) is 18.9 Å². The van der Waals surface area contributed by atoms with Gasteiger partial charge in [0.25, 0.3) is 0 Å². The van der Waals surface area contributed by atoms with Gasteiger partial charge in [-0.25, -0.2) is 0 Å². The lowest BCUT2D eigenvalue weighted by Crippen LogP contribution is -2.11. The third kappa shape index (κ3) is 5.09. The molecule has 0 spiro atoms. The Bertz CT molecular complexity index is 831. The number of rotatable bonds is 4. The Morgan fingerprint density at radius 1 is 1.08 bits per heavy atom. The molecule has 0 unspecified atom stereocenters. The van der Waals surface area contributed by atoms with Gasteiger partial charge < -0.3 is 11.1 Å². The number of alkyl halides is 3. The molecule has 2 aromatic carbocycles. The molecule has 0 aliphatic rings. The molecule has 0 fully saturated rings. The van der Waals surface area contributed by atoms with Crippen LogP contribution >= 0.6 is 11.6 Å². The van der Waals surface area contributed by atoms with Crippen LogP contribution in [0, 0.1) is 0 Å². The molecule has 4 nitrogen and oxygen atoms in total. The van der Waals surface area contributed by atoms with Crippen LogP contribution in [0.5, 0.6) is 0 Å². The van der Waals surface area contributed by atoms with Gasteiger partial charge in [0.05, 0.1) is 10.6 Å². The van der Waals surface area contributed by atoms with Gasteiger partial charge in [-0.05, 0) is 48.0 Å². The van der Waals surface area contributed by atoms with E-state index in [1.165, 1.54) is 36.4 Å². The van der Waals surface area contributed by atoms with Crippen LogP contribution in [0.25, 0.3) is 6.08 Å². The fourth-order valence-corrected chi connectivity index (χ4v) is 2.16. The summed E-state index contributed by atoms with van der Waals surface area (Å²) in [5, 5.41) is 2.10. The second kappa shape index (κ2) is 7.40. The molecule has 130 valence electrons. The molecule has 8 heteroatoms. The predicted octanol–water partition coefficient (Wildman–Crippen LogP) is 4.11. The smallest absolute Gasteiger partial charge is 0.366 e. The number of carbonyl (C=O) groups is 2. The Morgan fingerprint density at radius 2 is 1.72 bits per heavy atom. The summed E-state index contributed by atoms with van der Waals surface area (Å²) in [7, 11) is 0. The van der Waals surface area contributed by atoms with Crippen molar-refractivity contribution in [3.05, 3.63) is 70.3 Å². The number of halogens is 4. The Kier molecular flexibility index (Phi) is 5.48. The maximum absolute atomic E-state index is 12.8. The normalized spacial score (nSPS) is 11.5. The van der Waals surface area contributed by atoms with Gasteiger partial charge in [-0.2, -0.15) is 13.2 Å². The summed E-state index contributed by atoms with van der Waals surface area (Å²) in [4.78, 5) is 22.8. The average molecular weight is 369 g/mol. The van der Waals surface area contributed by atoms with Crippen molar-refractivity contribution >= 4 is 35.2 Å². The zero-order chi connectivity index (χ0) is 18.6. The van der Waals surface area contributed by atoms with Crippen molar-refractivity contribution in [1.82, 2.24) is 0 Å². The summed E-state index contributed by atoms with van der Waals surface area (Å²) >= 11 is 5.53. The minimum absolute atomic E-state index is 0.177. The molecule has 0 heterocycles. The van der Waals surface area contributed by atoms with E-state index in [1.54, 1.807) is 0 Å². The Hall–Kier alpha value is -2.80. The summed E-state index contributed by atoms with van der Waals surface area (Å²) < 4.78 is 38.4. The number of nitrogens with one attached hydrogen (secondary N) is 1. The first-order chi connectivity index (χ1) is 11.7. The molecule has 0 saturated heterocycles. The van der Waals surface area contributed by atoms with Crippen LogP contribution in [0.2, 0.25) is 5.02 Å². The van der Waals surface area contributed by atoms with Gasteiger partial charge in [0.2, 0.25) is 11.8 Å². The predicted molar refractivity (Wildman–Crippen MR) is 89.1 cm³/mol. The van der Waals surface area contributed by atoms with E-state index in [0.717, 1.165) is 18.2 Å². The SMILES string of the molecule is NC(=O)c1ccc(NC(=O)/C=C/c2ccc(Cl)c(C(F)(F)F)c2)cc1. The van der Waals surface area contributed by atoms with Gasteiger partial charge in [0, 0.05) is 17.3 Å². The van der Waals surface area contributed by atoms with Gasteiger partial charge >= 0.3 is 6.18 Å². The second-order valence-electron chi connectivity index (χ2n) is 5.00. The lowest BCUT2D eigenvalue weighted by atomic mass is 10.1. The highest BCUT2D eigenvalue weighted by Gasteiger charge is 2.33. The lowest BCUT2D eigenvalue weighted by molar-refractivity contribution is -0.137. The maximum Gasteiger partial charge on any atom is 0.417 e. The first kappa shape index (κ1) is 18.5. The molecule has 25 heavy (non-hydrogen) atoms. The molecule has 0 radical (unpaired) electrons. The fourth-order valence-electron chi connectivity index (χ4n) is 1.94. The minimum Gasteiger partial charge on any atom is -0.366 e. The monoisotopic (exact) mass is 368 g/mol. The topological polar surface area (TPSA) is 72.2 Å². The summed E-state index contributed by atoms with van der Waals surface area (Å²) in [6.07, 6.45) is -2.25. The van der Waals surface area contributed by atoms with Crippen LogP contribution < -0.4 is 11.1 Å². The molecule has 0 saturated carbocycles. The molecule has 0 atom stereocenters. The summed E-state index contributed by atoms with van der Waals surface area (Å²) in [6, 6.07) is 9.18. The number of hydrogen-bond acceptors (Lipinski definition) is 2. The Balaban J connectivity index is 2.09. The zero-order valence-corrected chi connectivity index (χ0v) is 13.4. The van der Waals surface area contributed by atoms with Gasteiger partial charge in [-0.3, -0.25) is 9.59 Å². The number of hydrogen-bond donors (Lipinski definition) is 2. The summed E-state index contributed by atoms with van der Waals surface area (Å²) in [5.41, 5.74) is 5.00. The van der Waals surface area contributed by atoms with Crippen LogP contribution in [-0.4, -0.2) is 11.8 Å². The highest BCUT2D eigenvalue weighted by molar-refractivity contribution is 6.31. The zero-order valence-electron chi connectivity index (χ0n) is 12.6. The second-order valence-corrected chi connectivity index (χ2v) is 5.41. The number of anilines is 1. The van der Waals surface area contributed by atoms with E-state index in [1.807, 2.05) is 0 Å². The van der Waals surface area contributed by atoms with E-state index in [0.29, 0.717) is 5.69 Å². The average Bonchev–Trinajstić information content (AvgIpc) is 2.53. The lowest BCUT2D eigenvalue weighted by Gasteiger charge is -2.09. The fraction of sp³-hybridized carbons (Fsp3) is 0.0588. The molecular formula is C17H12ClF3N2O2. The number of carbonyl (C=O) groups excluding carboxylic acids is 2. The quantitative estimate of drug-likeness (QED) is 0.797.